The van der Waals surface area contributed by atoms with Gasteiger partial charge in [0.25, 0.3) is 5.91 Å². The highest BCUT2D eigenvalue weighted by molar-refractivity contribution is 6.07. The van der Waals surface area contributed by atoms with Crippen LogP contribution in [0, 0.1) is 5.92 Å². The quantitative estimate of drug-likeness (QED) is 0.682. The standard InChI is InChI=1S/C25H30N4O2/c30-25(29(19-4-5-19)20-6-7-23-18(14-20)15-26-27-23)22-2-1-3-24-21(22)8-11-28(24)16-17-9-12-31-13-10-17/h1-3,8,11,15,17,19-20H,4-7,9-10,12-14,16H2,(H,26,27). The van der Waals surface area contributed by atoms with Crippen LogP contribution in [0.5, 0.6) is 0 Å². The molecule has 1 aromatic carbocycles. The molecule has 1 amide bonds. The lowest BCUT2D eigenvalue weighted by atomic mass is 9.91. The number of hydrogen-bond acceptors (Lipinski definition) is 3. The van der Waals surface area contributed by atoms with Crippen LogP contribution in [0.25, 0.3) is 10.9 Å². The average molecular weight is 419 g/mol. The first-order valence-electron chi connectivity index (χ1n) is 11.8. The molecule has 6 nitrogen and oxygen atoms in total. The van der Waals surface area contributed by atoms with E-state index >= 15 is 0 Å². The molecule has 1 saturated carbocycles. The van der Waals surface area contributed by atoms with Crippen LogP contribution in [-0.2, 0) is 24.1 Å². The van der Waals surface area contributed by atoms with Gasteiger partial charge < -0.3 is 14.2 Å². The van der Waals surface area contributed by atoms with Gasteiger partial charge in [0.1, 0.15) is 0 Å². The molecule has 3 aliphatic rings. The summed E-state index contributed by atoms with van der Waals surface area (Å²) in [6.07, 6.45) is 11.5. The molecule has 6 rings (SSSR count). The predicted octanol–water partition coefficient (Wildman–Crippen LogP) is 3.95. The number of nitrogens with one attached hydrogen (secondary N) is 1. The van der Waals surface area contributed by atoms with Crippen LogP contribution < -0.4 is 0 Å². The Hall–Kier alpha value is -2.60. The molecule has 1 aliphatic heterocycles. The Morgan fingerprint density at radius 2 is 2.00 bits per heavy atom. The Morgan fingerprint density at radius 3 is 2.84 bits per heavy atom. The summed E-state index contributed by atoms with van der Waals surface area (Å²) in [6.45, 7) is 2.73. The van der Waals surface area contributed by atoms with Crippen molar-refractivity contribution in [3.8, 4) is 0 Å². The minimum atomic E-state index is 0.203. The molecular formula is C25H30N4O2. The zero-order valence-corrected chi connectivity index (χ0v) is 17.9. The molecule has 3 heterocycles. The number of aromatic amines is 1. The number of ether oxygens (including phenoxy) is 1. The van der Waals surface area contributed by atoms with Crippen molar-refractivity contribution in [3.63, 3.8) is 0 Å². The van der Waals surface area contributed by atoms with Gasteiger partial charge in [0, 0.05) is 60.2 Å². The first-order chi connectivity index (χ1) is 15.3. The van der Waals surface area contributed by atoms with Crippen molar-refractivity contribution in [1.29, 1.82) is 0 Å². The second-order valence-corrected chi connectivity index (χ2v) is 9.48. The van der Waals surface area contributed by atoms with Crippen molar-refractivity contribution >= 4 is 16.8 Å². The molecule has 1 saturated heterocycles. The second-order valence-electron chi connectivity index (χ2n) is 9.48. The fourth-order valence-corrected chi connectivity index (χ4v) is 5.53. The molecule has 1 unspecified atom stereocenters. The molecule has 2 aromatic heterocycles. The zero-order chi connectivity index (χ0) is 20.8. The van der Waals surface area contributed by atoms with Gasteiger partial charge in [-0.05, 0) is 74.6 Å². The van der Waals surface area contributed by atoms with Crippen LogP contribution in [-0.4, -0.2) is 50.9 Å². The van der Waals surface area contributed by atoms with E-state index in [-0.39, 0.29) is 11.9 Å². The minimum absolute atomic E-state index is 0.203. The van der Waals surface area contributed by atoms with Crippen LogP contribution in [0.1, 0.15) is 53.7 Å². The fourth-order valence-electron chi connectivity index (χ4n) is 5.53. The van der Waals surface area contributed by atoms with E-state index in [0.29, 0.717) is 12.0 Å². The molecule has 1 atom stereocenters. The zero-order valence-electron chi connectivity index (χ0n) is 17.9. The van der Waals surface area contributed by atoms with E-state index in [1.807, 2.05) is 12.3 Å². The SMILES string of the molecule is O=C(c1cccc2c1ccn2CC1CCOCC1)N(C1CC1)C1CCc2[nH]ncc2C1. The summed E-state index contributed by atoms with van der Waals surface area (Å²) in [4.78, 5) is 16.1. The normalized spacial score (nSPS) is 21.9. The van der Waals surface area contributed by atoms with Crippen molar-refractivity contribution in [2.45, 2.75) is 63.6 Å². The van der Waals surface area contributed by atoms with Crippen LogP contribution in [0.4, 0.5) is 0 Å². The maximum Gasteiger partial charge on any atom is 0.255 e. The highest BCUT2D eigenvalue weighted by Gasteiger charge is 2.39. The Morgan fingerprint density at radius 1 is 1.13 bits per heavy atom. The lowest BCUT2D eigenvalue weighted by Crippen LogP contribution is -2.44. The Kier molecular flexibility index (Phi) is 4.82. The third-order valence-electron chi connectivity index (χ3n) is 7.40. The Labute approximate surface area is 182 Å². The van der Waals surface area contributed by atoms with Gasteiger partial charge in [-0.3, -0.25) is 9.89 Å². The number of carbonyl (C=O) groups is 1. The van der Waals surface area contributed by atoms with Crippen LogP contribution in [0.15, 0.2) is 36.7 Å². The molecule has 0 spiro atoms. The van der Waals surface area contributed by atoms with Gasteiger partial charge in [0.2, 0.25) is 0 Å². The fraction of sp³-hybridized carbons (Fsp3) is 0.520. The van der Waals surface area contributed by atoms with Crippen molar-refractivity contribution in [2.24, 2.45) is 5.92 Å². The summed E-state index contributed by atoms with van der Waals surface area (Å²) in [6, 6.07) is 9.03. The van der Waals surface area contributed by atoms with E-state index in [4.69, 9.17) is 4.74 Å². The van der Waals surface area contributed by atoms with Gasteiger partial charge in [0.05, 0.1) is 6.20 Å². The average Bonchev–Trinajstić information content (AvgIpc) is 3.37. The van der Waals surface area contributed by atoms with E-state index in [1.54, 1.807) is 0 Å². The number of benzene rings is 1. The number of amides is 1. The molecule has 162 valence electrons. The lowest BCUT2D eigenvalue weighted by molar-refractivity contribution is 0.0616. The van der Waals surface area contributed by atoms with E-state index in [1.165, 1.54) is 16.8 Å². The maximum absolute atomic E-state index is 13.9. The van der Waals surface area contributed by atoms with Crippen molar-refractivity contribution < 1.29 is 9.53 Å². The maximum atomic E-state index is 13.9. The molecule has 6 heteroatoms. The van der Waals surface area contributed by atoms with Crippen molar-refractivity contribution in [2.75, 3.05) is 13.2 Å². The van der Waals surface area contributed by atoms with Crippen molar-refractivity contribution in [3.05, 3.63) is 53.5 Å². The van der Waals surface area contributed by atoms with E-state index in [0.717, 1.165) is 75.7 Å². The number of fused-ring (bicyclic) bond motifs is 2. The summed E-state index contributed by atoms with van der Waals surface area (Å²) in [5.74, 6) is 0.854. The monoisotopic (exact) mass is 418 g/mol. The van der Waals surface area contributed by atoms with E-state index in [2.05, 4.69) is 44.1 Å². The van der Waals surface area contributed by atoms with Gasteiger partial charge in [0.15, 0.2) is 0 Å². The van der Waals surface area contributed by atoms with Crippen LogP contribution in [0.2, 0.25) is 0 Å². The third kappa shape index (κ3) is 3.57. The molecule has 2 fully saturated rings. The smallest absolute Gasteiger partial charge is 0.255 e. The highest BCUT2D eigenvalue weighted by Crippen LogP contribution is 2.36. The summed E-state index contributed by atoms with van der Waals surface area (Å²) in [5.41, 5.74) is 4.55. The number of aromatic nitrogens is 3. The highest BCUT2D eigenvalue weighted by atomic mass is 16.5. The van der Waals surface area contributed by atoms with Crippen LogP contribution in [0.3, 0.4) is 0 Å². The van der Waals surface area contributed by atoms with Gasteiger partial charge in [-0.2, -0.15) is 5.10 Å². The largest absolute Gasteiger partial charge is 0.381 e. The Balaban J connectivity index is 1.29. The van der Waals surface area contributed by atoms with E-state index in [9.17, 15) is 4.79 Å². The summed E-state index contributed by atoms with van der Waals surface area (Å²) in [7, 11) is 0. The first-order valence-corrected chi connectivity index (χ1v) is 11.8. The van der Waals surface area contributed by atoms with E-state index < -0.39 is 0 Å². The molecule has 3 aromatic rings. The lowest BCUT2D eigenvalue weighted by Gasteiger charge is -2.34. The summed E-state index contributed by atoms with van der Waals surface area (Å²) < 4.78 is 7.86. The molecule has 0 radical (unpaired) electrons. The Bertz CT molecular complexity index is 1090. The topological polar surface area (TPSA) is 63.1 Å². The van der Waals surface area contributed by atoms with Gasteiger partial charge in [-0.15, -0.1) is 0 Å². The number of H-pyrrole nitrogens is 1. The van der Waals surface area contributed by atoms with Gasteiger partial charge in [-0.25, -0.2) is 0 Å². The number of aryl methyl sites for hydroxylation is 1. The summed E-state index contributed by atoms with van der Waals surface area (Å²) in [5, 5.41) is 8.42. The second kappa shape index (κ2) is 7.83. The molecule has 0 bridgehead atoms. The molecule has 2 aliphatic carbocycles. The number of rotatable bonds is 5. The van der Waals surface area contributed by atoms with Crippen molar-refractivity contribution in [1.82, 2.24) is 19.7 Å². The predicted molar refractivity (Wildman–Crippen MR) is 119 cm³/mol. The molecular weight excluding hydrogens is 388 g/mol. The minimum Gasteiger partial charge on any atom is -0.381 e. The first kappa shape index (κ1) is 19.1. The number of nitrogens with zero attached hydrogens (tertiary/aromatic N) is 3. The number of carbonyl (C=O) groups excluding carboxylic acids is 1. The molecule has 1 N–H and O–H groups in total. The van der Waals surface area contributed by atoms with Gasteiger partial charge >= 0.3 is 0 Å². The molecule has 31 heavy (non-hydrogen) atoms. The van der Waals surface area contributed by atoms with Crippen LogP contribution >= 0.6 is 0 Å². The third-order valence-corrected chi connectivity index (χ3v) is 7.40. The summed E-state index contributed by atoms with van der Waals surface area (Å²) >= 11 is 0. The number of hydrogen-bond donors (Lipinski definition) is 1. The van der Waals surface area contributed by atoms with Gasteiger partial charge in [-0.1, -0.05) is 6.07 Å².